The number of amides is 2. The van der Waals surface area contributed by atoms with Gasteiger partial charge in [0.25, 0.3) is 0 Å². The number of carbonyl (C=O) groups excluding carboxylic acids is 2. The van der Waals surface area contributed by atoms with E-state index in [0.29, 0.717) is 26.1 Å². The summed E-state index contributed by atoms with van der Waals surface area (Å²) < 4.78 is 0. The summed E-state index contributed by atoms with van der Waals surface area (Å²) in [6.07, 6.45) is 0.292. The highest BCUT2D eigenvalue weighted by Crippen LogP contribution is 2.30. The smallest absolute Gasteiger partial charge is 0.228 e. The summed E-state index contributed by atoms with van der Waals surface area (Å²) in [5.41, 5.74) is 4.27. The Bertz CT molecular complexity index is 937. The first-order valence-corrected chi connectivity index (χ1v) is 10.5. The average molecular weight is 412 g/mol. The lowest BCUT2D eigenvalue weighted by Gasteiger charge is -2.37. The Morgan fingerprint density at radius 3 is 2.48 bits per heavy atom. The molecular formula is C23H26ClN3O2. The number of piperazine rings is 1. The van der Waals surface area contributed by atoms with Gasteiger partial charge in [0.05, 0.1) is 5.92 Å². The van der Waals surface area contributed by atoms with Gasteiger partial charge in [0.2, 0.25) is 11.8 Å². The Kier molecular flexibility index (Phi) is 5.50. The van der Waals surface area contributed by atoms with Crippen molar-refractivity contribution in [1.82, 2.24) is 4.90 Å². The second-order valence-corrected chi connectivity index (χ2v) is 8.35. The van der Waals surface area contributed by atoms with E-state index in [1.165, 1.54) is 0 Å². The molecule has 2 fully saturated rings. The van der Waals surface area contributed by atoms with Gasteiger partial charge in [-0.15, -0.1) is 0 Å². The molecule has 2 aromatic carbocycles. The fraction of sp³-hybridized carbons (Fsp3) is 0.391. The van der Waals surface area contributed by atoms with Gasteiger partial charge in [0.15, 0.2) is 0 Å². The Balaban J connectivity index is 1.39. The number of anilines is 2. The van der Waals surface area contributed by atoms with E-state index in [1.54, 1.807) is 4.90 Å². The zero-order valence-electron chi connectivity index (χ0n) is 16.9. The highest BCUT2D eigenvalue weighted by molar-refractivity contribution is 6.30. The van der Waals surface area contributed by atoms with Crippen molar-refractivity contribution in [1.29, 1.82) is 0 Å². The number of hydrogen-bond acceptors (Lipinski definition) is 3. The van der Waals surface area contributed by atoms with Gasteiger partial charge in [-0.05, 0) is 49.2 Å². The van der Waals surface area contributed by atoms with Crippen molar-refractivity contribution >= 4 is 34.8 Å². The van der Waals surface area contributed by atoms with Gasteiger partial charge >= 0.3 is 0 Å². The lowest BCUT2D eigenvalue weighted by Crippen LogP contribution is -2.50. The van der Waals surface area contributed by atoms with Crippen molar-refractivity contribution in [3.8, 4) is 0 Å². The van der Waals surface area contributed by atoms with Gasteiger partial charge in [0.1, 0.15) is 0 Å². The van der Waals surface area contributed by atoms with Crippen LogP contribution in [0.4, 0.5) is 11.4 Å². The molecule has 29 heavy (non-hydrogen) atoms. The number of halogens is 1. The molecule has 0 bridgehead atoms. The Hall–Kier alpha value is -2.53. The standard InChI is InChI=1S/C23H26ClN3O2/c1-16-5-3-8-21(17(16)2)27-15-18(13-22(27)28)23(29)26-11-9-25(10-12-26)20-7-4-6-19(24)14-20/h3-8,14,18H,9-13,15H2,1-2H3. The van der Waals surface area contributed by atoms with Gasteiger partial charge < -0.3 is 14.7 Å². The molecular weight excluding hydrogens is 386 g/mol. The van der Waals surface area contributed by atoms with E-state index in [1.807, 2.05) is 61.2 Å². The van der Waals surface area contributed by atoms with Gasteiger partial charge in [-0.3, -0.25) is 9.59 Å². The second kappa shape index (κ2) is 8.07. The first-order valence-electron chi connectivity index (χ1n) is 10.1. The van der Waals surface area contributed by atoms with E-state index in [9.17, 15) is 9.59 Å². The van der Waals surface area contributed by atoms with Crippen LogP contribution >= 0.6 is 11.6 Å². The maximum Gasteiger partial charge on any atom is 0.228 e. The molecule has 2 amide bonds. The maximum absolute atomic E-state index is 13.1. The number of carbonyl (C=O) groups is 2. The van der Waals surface area contributed by atoms with Gasteiger partial charge in [-0.2, -0.15) is 0 Å². The molecule has 0 N–H and O–H groups in total. The zero-order valence-corrected chi connectivity index (χ0v) is 17.7. The molecule has 0 saturated carbocycles. The minimum Gasteiger partial charge on any atom is -0.368 e. The van der Waals surface area contributed by atoms with Gasteiger partial charge in [-0.25, -0.2) is 0 Å². The van der Waals surface area contributed by atoms with Crippen LogP contribution in [0.2, 0.25) is 5.02 Å². The fourth-order valence-electron chi connectivity index (χ4n) is 4.25. The lowest BCUT2D eigenvalue weighted by molar-refractivity contribution is -0.136. The highest BCUT2D eigenvalue weighted by Gasteiger charge is 2.38. The van der Waals surface area contributed by atoms with E-state index in [4.69, 9.17) is 11.6 Å². The van der Waals surface area contributed by atoms with Crippen LogP contribution in [0, 0.1) is 19.8 Å². The normalized spacial score (nSPS) is 19.8. The monoisotopic (exact) mass is 411 g/mol. The molecule has 1 atom stereocenters. The molecule has 2 heterocycles. The van der Waals surface area contributed by atoms with Crippen LogP contribution < -0.4 is 9.80 Å². The predicted molar refractivity (Wildman–Crippen MR) is 117 cm³/mol. The molecule has 0 aromatic heterocycles. The molecule has 0 radical (unpaired) electrons. The third-order valence-corrected chi connectivity index (χ3v) is 6.34. The molecule has 5 nitrogen and oxygen atoms in total. The number of rotatable bonds is 3. The van der Waals surface area contributed by atoms with Crippen molar-refractivity contribution < 1.29 is 9.59 Å². The third kappa shape index (κ3) is 3.97. The SMILES string of the molecule is Cc1cccc(N2CC(C(=O)N3CCN(c4cccc(Cl)c4)CC3)CC2=O)c1C. The number of hydrogen-bond donors (Lipinski definition) is 0. The first-order chi connectivity index (χ1) is 13.9. The lowest BCUT2D eigenvalue weighted by atomic mass is 10.1. The van der Waals surface area contributed by atoms with Crippen LogP contribution in [0.15, 0.2) is 42.5 Å². The largest absolute Gasteiger partial charge is 0.368 e. The van der Waals surface area contributed by atoms with Gasteiger partial charge in [-0.1, -0.05) is 29.8 Å². The van der Waals surface area contributed by atoms with Crippen molar-refractivity contribution in [3.05, 3.63) is 58.6 Å². The van der Waals surface area contributed by atoms with Crippen LogP contribution in [-0.2, 0) is 9.59 Å². The van der Waals surface area contributed by atoms with Crippen LogP contribution in [0.5, 0.6) is 0 Å². The van der Waals surface area contributed by atoms with Crippen molar-refractivity contribution in [2.45, 2.75) is 20.3 Å². The van der Waals surface area contributed by atoms with E-state index in [0.717, 1.165) is 40.6 Å². The summed E-state index contributed by atoms with van der Waals surface area (Å²) in [7, 11) is 0. The minimum absolute atomic E-state index is 0.0367. The molecule has 4 rings (SSSR count). The van der Waals surface area contributed by atoms with Gasteiger partial charge in [0, 0.05) is 55.5 Å². The van der Waals surface area contributed by atoms with Crippen LogP contribution in [0.1, 0.15) is 17.5 Å². The summed E-state index contributed by atoms with van der Waals surface area (Å²) >= 11 is 6.10. The molecule has 2 saturated heterocycles. The Morgan fingerprint density at radius 2 is 1.76 bits per heavy atom. The van der Waals surface area contributed by atoms with Crippen molar-refractivity contribution in [2.75, 3.05) is 42.5 Å². The molecule has 152 valence electrons. The topological polar surface area (TPSA) is 43.9 Å². The molecule has 0 aliphatic carbocycles. The maximum atomic E-state index is 13.1. The fourth-order valence-corrected chi connectivity index (χ4v) is 4.43. The van der Waals surface area contributed by atoms with E-state index < -0.39 is 0 Å². The van der Waals surface area contributed by atoms with E-state index >= 15 is 0 Å². The zero-order chi connectivity index (χ0) is 20.5. The molecule has 1 unspecified atom stereocenters. The van der Waals surface area contributed by atoms with Crippen molar-refractivity contribution in [2.24, 2.45) is 5.92 Å². The quantitative estimate of drug-likeness (QED) is 0.774. The summed E-state index contributed by atoms with van der Waals surface area (Å²) in [5, 5.41) is 0.719. The number of benzene rings is 2. The number of nitrogens with zero attached hydrogens (tertiary/aromatic N) is 3. The average Bonchev–Trinajstić information content (AvgIpc) is 3.11. The van der Waals surface area contributed by atoms with E-state index in [2.05, 4.69) is 4.90 Å². The highest BCUT2D eigenvalue weighted by atomic mass is 35.5. The first kappa shape index (κ1) is 19.8. The minimum atomic E-state index is -0.264. The molecule has 2 aromatic rings. The van der Waals surface area contributed by atoms with Crippen LogP contribution in [0.25, 0.3) is 0 Å². The number of aryl methyl sites for hydroxylation is 1. The summed E-state index contributed by atoms with van der Waals surface area (Å²) in [5.74, 6) is -0.133. The Labute approximate surface area is 176 Å². The molecule has 0 spiro atoms. The van der Waals surface area contributed by atoms with E-state index in [-0.39, 0.29) is 17.7 Å². The summed E-state index contributed by atoms with van der Waals surface area (Å²) in [4.78, 5) is 31.7. The van der Waals surface area contributed by atoms with Crippen LogP contribution in [-0.4, -0.2) is 49.4 Å². The van der Waals surface area contributed by atoms with Crippen LogP contribution in [0.3, 0.4) is 0 Å². The predicted octanol–water partition coefficient (Wildman–Crippen LogP) is 3.66. The molecule has 2 aliphatic heterocycles. The third-order valence-electron chi connectivity index (χ3n) is 6.11. The molecule has 2 aliphatic rings. The summed E-state index contributed by atoms with van der Waals surface area (Å²) in [6.45, 7) is 7.42. The van der Waals surface area contributed by atoms with Crippen molar-refractivity contribution in [3.63, 3.8) is 0 Å². The second-order valence-electron chi connectivity index (χ2n) is 7.92. The summed E-state index contributed by atoms with van der Waals surface area (Å²) in [6, 6.07) is 13.8. The Morgan fingerprint density at radius 1 is 1.03 bits per heavy atom. The molecule has 6 heteroatoms.